The van der Waals surface area contributed by atoms with Gasteiger partial charge in [0.1, 0.15) is 18.1 Å². The summed E-state index contributed by atoms with van der Waals surface area (Å²) in [6, 6.07) is 13.7. The number of hydrogen-bond donors (Lipinski definition) is 2. The van der Waals surface area contributed by atoms with E-state index in [2.05, 4.69) is 26.2 Å². The first-order valence-electron chi connectivity index (χ1n) is 17.3. The normalized spacial score (nSPS) is 17.1. The van der Waals surface area contributed by atoms with Crippen LogP contribution in [0.1, 0.15) is 73.1 Å². The molecule has 14 heteroatoms. The number of aromatic nitrogens is 4. The maximum atomic E-state index is 15.4. The number of rotatable bonds is 11. The molecule has 1 aromatic heterocycles. The van der Waals surface area contributed by atoms with Gasteiger partial charge in [0.05, 0.1) is 29.5 Å². The highest BCUT2D eigenvalue weighted by atomic mass is 35.5. The Balaban J connectivity index is 1.34. The van der Waals surface area contributed by atoms with E-state index in [4.69, 9.17) is 21.1 Å². The fraction of sp³-hybridized carbons (Fsp3) is 0.368. The molecule has 12 nitrogen and oxygen atoms in total. The van der Waals surface area contributed by atoms with Crippen LogP contribution in [0.15, 0.2) is 67.0 Å². The lowest BCUT2D eigenvalue weighted by atomic mass is 9.80. The Morgan fingerprint density at radius 1 is 1.10 bits per heavy atom. The van der Waals surface area contributed by atoms with Gasteiger partial charge in [0.25, 0.3) is 5.91 Å². The summed E-state index contributed by atoms with van der Waals surface area (Å²) in [6.07, 6.45) is 7.37. The van der Waals surface area contributed by atoms with E-state index in [0.717, 1.165) is 37.9 Å². The number of amides is 2. The third-order valence-corrected chi connectivity index (χ3v) is 9.77. The maximum absolute atomic E-state index is 15.4. The monoisotopic (exact) mass is 729 g/mol. The molecule has 3 aromatic carbocycles. The van der Waals surface area contributed by atoms with Crippen LogP contribution in [0.25, 0.3) is 11.8 Å². The number of nitrogens with zero attached hydrogens (tertiary/aromatic N) is 5. The van der Waals surface area contributed by atoms with Crippen LogP contribution in [0.2, 0.25) is 5.02 Å². The maximum Gasteiger partial charge on any atom is 0.338 e. The van der Waals surface area contributed by atoms with Gasteiger partial charge in [-0.1, -0.05) is 23.7 Å². The van der Waals surface area contributed by atoms with Crippen molar-refractivity contribution in [1.29, 1.82) is 0 Å². The predicted molar refractivity (Wildman–Crippen MR) is 194 cm³/mol. The number of hydrogen-bond acceptors (Lipinski definition) is 9. The number of esters is 1. The Morgan fingerprint density at radius 3 is 2.58 bits per heavy atom. The van der Waals surface area contributed by atoms with Gasteiger partial charge in [-0.15, -0.1) is 5.10 Å². The Kier molecular flexibility index (Phi) is 11.3. The van der Waals surface area contributed by atoms with Gasteiger partial charge in [0.15, 0.2) is 5.82 Å². The summed E-state index contributed by atoms with van der Waals surface area (Å²) >= 11 is 6.13. The Bertz CT molecular complexity index is 1950. The summed E-state index contributed by atoms with van der Waals surface area (Å²) in [4.78, 5) is 42.5. The van der Waals surface area contributed by atoms with Crippen molar-refractivity contribution >= 4 is 41.1 Å². The van der Waals surface area contributed by atoms with E-state index in [-0.39, 0.29) is 22.9 Å². The molecule has 2 amide bonds. The van der Waals surface area contributed by atoms with Crippen LogP contribution in [0.3, 0.4) is 0 Å². The van der Waals surface area contributed by atoms with Gasteiger partial charge >= 0.3 is 5.97 Å². The Hall–Kier alpha value is -5.14. The molecule has 1 atom stereocenters. The minimum absolute atomic E-state index is 0.00418. The van der Waals surface area contributed by atoms with E-state index in [0.29, 0.717) is 41.5 Å². The molecule has 1 fully saturated rings. The van der Waals surface area contributed by atoms with E-state index in [1.807, 2.05) is 32.0 Å². The van der Waals surface area contributed by atoms with Crippen LogP contribution in [0.4, 0.5) is 10.1 Å². The first-order valence-corrected chi connectivity index (χ1v) is 17.7. The van der Waals surface area contributed by atoms with Gasteiger partial charge < -0.3 is 25.0 Å². The number of fused-ring (bicyclic) bond motifs is 1. The number of nitrogens with one attached hydrogen (secondary N) is 2. The smallest absolute Gasteiger partial charge is 0.338 e. The van der Waals surface area contributed by atoms with Crippen molar-refractivity contribution in [3.05, 3.63) is 100 Å². The summed E-state index contributed by atoms with van der Waals surface area (Å²) in [5.74, 6) is -0.988. The Labute approximate surface area is 306 Å². The third kappa shape index (κ3) is 8.00. The molecule has 52 heavy (non-hydrogen) atoms. The summed E-state index contributed by atoms with van der Waals surface area (Å²) in [6.45, 7) is 8.27. The third-order valence-electron chi connectivity index (χ3n) is 9.47. The van der Waals surface area contributed by atoms with Crippen LogP contribution in [0, 0.1) is 11.7 Å². The summed E-state index contributed by atoms with van der Waals surface area (Å²) in [7, 11) is 0. The quantitative estimate of drug-likeness (QED) is 0.141. The molecule has 3 heterocycles. The topological polar surface area (TPSA) is 141 Å². The fourth-order valence-corrected chi connectivity index (χ4v) is 7.06. The second kappa shape index (κ2) is 16.0. The van der Waals surface area contributed by atoms with Gasteiger partial charge in [0.2, 0.25) is 5.91 Å². The summed E-state index contributed by atoms with van der Waals surface area (Å²) in [5, 5.41) is 17.3. The molecule has 2 aliphatic rings. The molecule has 1 saturated heterocycles. The van der Waals surface area contributed by atoms with Gasteiger partial charge in [-0.3, -0.25) is 9.59 Å². The first-order chi connectivity index (χ1) is 25.1. The molecule has 0 bridgehead atoms. The highest BCUT2D eigenvalue weighted by Gasteiger charge is 2.46. The average molecular weight is 730 g/mol. The zero-order valence-electron chi connectivity index (χ0n) is 29.3. The molecule has 2 aliphatic heterocycles. The van der Waals surface area contributed by atoms with Crippen LogP contribution >= 0.6 is 11.6 Å². The van der Waals surface area contributed by atoms with Crippen molar-refractivity contribution in [3.63, 3.8) is 0 Å². The molecule has 2 N–H and O–H groups in total. The lowest BCUT2D eigenvalue weighted by molar-refractivity contribution is -0.142. The van der Waals surface area contributed by atoms with Crippen molar-refractivity contribution in [2.75, 3.05) is 31.6 Å². The zero-order chi connectivity index (χ0) is 36.8. The molecule has 272 valence electrons. The van der Waals surface area contributed by atoms with Crippen molar-refractivity contribution in [2.24, 2.45) is 5.92 Å². The number of carbonyl (C=O) groups excluding carboxylic acids is 3. The second-order valence-corrected chi connectivity index (χ2v) is 13.8. The minimum atomic E-state index is -1.10. The number of piperidine rings is 1. The molecular weight excluding hydrogens is 689 g/mol. The standard InChI is InChI=1S/C38H41ClFN7O5/c1-4-51-37(50)25-8-10-26(11-9-25)43-36(49)35-27-6-5-7-32(52-21-18-24-16-19-41-20-17-24)29(27)22-38(2,3)47(35)33(48)15-12-28-31(46-23-42-44-45-46)14-13-30(39)34(28)40/h5-15,23-24,35,41H,4,16-22H2,1-3H3,(H,43,49)/b15-12+. The van der Waals surface area contributed by atoms with Crippen molar-refractivity contribution < 1.29 is 28.2 Å². The number of benzene rings is 3. The average Bonchev–Trinajstić information content (AvgIpc) is 3.67. The van der Waals surface area contributed by atoms with Crippen LogP contribution in [0.5, 0.6) is 5.75 Å². The fourth-order valence-electron chi connectivity index (χ4n) is 6.90. The van der Waals surface area contributed by atoms with E-state index in [1.54, 1.807) is 37.3 Å². The number of tetrazole rings is 1. The van der Waals surface area contributed by atoms with Crippen molar-refractivity contribution in [3.8, 4) is 11.4 Å². The number of ether oxygens (including phenoxy) is 2. The van der Waals surface area contributed by atoms with Crippen molar-refractivity contribution in [2.45, 2.75) is 58.0 Å². The molecule has 4 aromatic rings. The molecule has 0 radical (unpaired) electrons. The highest BCUT2D eigenvalue weighted by molar-refractivity contribution is 6.31. The molecule has 1 unspecified atom stereocenters. The van der Waals surface area contributed by atoms with E-state index in [9.17, 15) is 14.4 Å². The number of carbonyl (C=O) groups is 3. The van der Waals surface area contributed by atoms with E-state index >= 15 is 4.39 Å². The molecular formula is C38H41ClFN7O5. The van der Waals surface area contributed by atoms with Crippen LogP contribution in [-0.4, -0.2) is 74.7 Å². The lowest BCUT2D eigenvalue weighted by Gasteiger charge is -2.47. The summed E-state index contributed by atoms with van der Waals surface area (Å²) in [5.41, 5.74) is 1.58. The van der Waals surface area contributed by atoms with Gasteiger partial charge in [-0.05, 0) is 130 Å². The molecule has 6 rings (SSSR count). The number of halogens is 2. The highest BCUT2D eigenvalue weighted by Crippen LogP contribution is 2.43. The van der Waals surface area contributed by atoms with Gasteiger partial charge in [-0.2, -0.15) is 4.68 Å². The number of anilines is 1. The minimum Gasteiger partial charge on any atom is -0.493 e. The predicted octanol–water partition coefficient (Wildman–Crippen LogP) is 5.96. The summed E-state index contributed by atoms with van der Waals surface area (Å²) < 4.78 is 28.2. The molecule has 0 spiro atoms. The largest absolute Gasteiger partial charge is 0.493 e. The van der Waals surface area contributed by atoms with Crippen LogP contribution in [-0.2, 0) is 20.7 Å². The van der Waals surface area contributed by atoms with Gasteiger partial charge in [-0.25, -0.2) is 9.18 Å². The van der Waals surface area contributed by atoms with E-state index < -0.39 is 35.2 Å². The van der Waals surface area contributed by atoms with Gasteiger partial charge in [0, 0.05) is 28.4 Å². The lowest BCUT2D eigenvalue weighted by Crippen LogP contribution is -2.56. The molecule has 0 saturated carbocycles. The molecule has 0 aliphatic carbocycles. The van der Waals surface area contributed by atoms with Crippen LogP contribution < -0.4 is 15.4 Å². The van der Waals surface area contributed by atoms with E-state index in [1.165, 1.54) is 34.1 Å². The zero-order valence-corrected chi connectivity index (χ0v) is 30.0. The second-order valence-electron chi connectivity index (χ2n) is 13.4. The van der Waals surface area contributed by atoms with Crippen molar-refractivity contribution in [1.82, 2.24) is 30.4 Å². The Morgan fingerprint density at radius 2 is 1.87 bits per heavy atom. The SMILES string of the molecule is CCOC(=O)c1ccc(NC(=O)C2c3cccc(OCCC4CCNCC4)c3CC(C)(C)N2C(=O)/C=C/c2c(-n3cnnn3)ccc(Cl)c2F)cc1. The first kappa shape index (κ1) is 36.6.